The number of imidazole rings is 1. The molecule has 0 saturated carbocycles. The van der Waals surface area contributed by atoms with E-state index in [9.17, 15) is 8.42 Å². The number of fused-ring (bicyclic) bond motifs is 1. The van der Waals surface area contributed by atoms with Gasteiger partial charge in [-0.3, -0.25) is 0 Å². The summed E-state index contributed by atoms with van der Waals surface area (Å²) in [5.41, 5.74) is 3.94. The SMILES string of the molecule is Cc1noc(C)c1-c1cc(I)c2nc(N(N)S(C)(=O)=O)[nH]c2c1. The largest absolute Gasteiger partial charge is 0.361 e. The Bertz CT molecular complexity index is 989. The zero-order valence-electron chi connectivity index (χ0n) is 12.6. The van der Waals surface area contributed by atoms with Crippen molar-refractivity contribution in [2.75, 3.05) is 10.7 Å². The van der Waals surface area contributed by atoms with Crippen LogP contribution in [0.25, 0.3) is 22.2 Å². The predicted molar refractivity (Wildman–Crippen MR) is 95.3 cm³/mol. The Morgan fingerprint density at radius 3 is 2.61 bits per heavy atom. The number of aryl methyl sites for hydroxylation is 2. The Hall–Kier alpha value is -1.66. The third kappa shape index (κ3) is 2.81. The molecule has 122 valence electrons. The van der Waals surface area contributed by atoms with Crippen molar-refractivity contribution < 1.29 is 12.9 Å². The molecule has 0 aliphatic carbocycles. The van der Waals surface area contributed by atoms with Gasteiger partial charge in [0.25, 0.3) is 0 Å². The van der Waals surface area contributed by atoms with Gasteiger partial charge in [-0.15, -0.1) is 0 Å². The van der Waals surface area contributed by atoms with Crippen LogP contribution in [0.4, 0.5) is 5.95 Å². The van der Waals surface area contributed by atoms with Crippen LogP contribution in [0.5, 0.6) is 0 Å². The first-order valence-electron chi connectivity index (χ1n) is 6.56. The normalized spacial score (nSPS) is 12.0. The van der Waals surface area contributed by atoms with Crippen LogP contribution in [0, 0.1) is 17.4 Å². The molecule has 0 aliphatic rings. The number of H-pyrrole nitrogens is 1. The van der Waals surface area contributed by atoms with E-state index in [-0.39, 0.29) is 5.95 Å². The average Bonchev–Trinajstić information content (AvgIpc) is 3.01. The summed E-state index contributed by atoms with van der Waals surface area (Å²) in [5.74, 6) is 6.37. The van der Waals surface area contributed by atoms with Gasteiger partial charge >= 0.3 is 0 Å². The van der Waals surface area contributed by atoms with E-state index >= 15 is 0 Å². The van der Waals surface area contributed by atoms with Crippen molar-refractivity contribution in [3.8, 4) is 11.1 Å². The maximum absolute atomic E-state index is 11.6. The Morgan fingerprint density at radius 1 is 1.35 bits per heavy atom. The molecule has 0 aliphatic heterocycles. The van der Waals surface area contributed by atoms with E-state index in [4.69, 9.17) is 10.4 Å². The van der Waals surface area contributed by atoms with Crippen LogP contribution >= 0.6 is 22.6 Å². The number of halogens is 1. The number of hydrazine groups is 1. The van der Waals surface area contributed by atoms with Gasteiger partial charge < -0.3 is 9.51 Å². The van der Waals surface area contributed by atoms with Crippen LogP contribution in [0.3, 0.4) is 0 Å². The lowest BCUT2D eigenvalue weighted by Gasteiger charge is -2.10. The minimum Gasteiger partial charge on any atom is -0.361 e. The molecule has 2 heterocycles. The number of hydrogen-bond donors (Lipinski definition) is 2. The van der Waals surface area contributed by atoms with Crippen LogP contribution in [0.2, 0.25) is 0 Å². The quantitative estimate of drug-likeness (QED) is 0.361. The smallest absolute Gasteiger partial charge is 0.248 e. The number of anilines is 1. The molecular weight excluding hydrogens is 433 g/mol. The first kappa shape index (κ1) is 16.2. The van der Waals surface area contributed by atoms with Crippen molar-refractivity contribution in [3.63, 3.8) is 0 Å². The van der Waals surface area contributed by atoms with E-state index in [2.05, 4.69) is 37.7 Å². The van der Waals surface area contributed by atoms with Gasteiger partial charge in [-0.1, -0.05) is 5.16 Å². The molecule has 0 atom stereocenters. The lowest BCUT2D eigenvalue weighted by atomic mass is 10.0. The Kier molecular flexibility index (Phi) is 3.84. The molecule has 3 rings (SSSR count). The minimum absolute atomic E-state index is 0.0660. The fourth-order valence-corrected chi connectivity index (χ4v) is 3.51. The van der Waals surface area contributed by atoms with Crippen LogP contribution in [0.15, 0.2) is 16.7 Å². The third-order valence-corrected chi connectivity index (χ3v) is 5.13. The van der Waals surface area contributed by atoms with Gasteiger partial charge in [0.05, 0.1) is 17.5 Å². The van der Waals surface area contributed by atoms with Crippen molar-refractivity contribution in [2.45, 2.75) is 13.8 Å². The summed E-state index contributed by atoms with van der Waals surface area (Å²) in [6.45, 7) is 3.71. The number of nitrogens with one attached hydrogen (secondary N) is 1. The summed E-state index contributed by atoms with van der Waals surface area (Å²) < 4.78 is 29.8. The second-order valence-corrected chi connectivity index (χ2v) is 8.19. The topological polar surface area (TPSA) is 118 Å². The molecule has 0 saturated heterocycles. The van der Waals surface area contributed by atoms with E-state index < -0.39 is 10.0 Å². The molecule has 2 aromatic heterocycles. The Balaban J connectivity index is 2.20. The minimum atomic E-state index is -3.59. The van der Waals surface area contributed by atoms with E-state index in [0.717, 1.165) is 26.6 Å². The number of benzene rings is 1. The van der Waals surface area contributed by atoms with Crippen LogP contribution in [-0.4, -0.2) is 29.8 Å². The van der Waals surface area contributed by atoms with Crippen LogP contribution in [-0.2, 0) is 10.0 Å². The van der Waals surface area contributed by atoms with E-state index in [1.165, 1.54) is 0 Å². The van der Waals surface area contributed by atoms with Gasteiger partial charge in [-0.2, -0.15) is 4.41 Å². The monoisotopic (exact) mass is 447 g/mol. The van der Waals surface area contributed by atoms with Crippen molar-refractivity contribution in [1.82, 2.24) is 15.1 Å². The first-order chi connectivity index (χ1) is 10.7. The van der Waals surface area contributed by atoms with E-state index in [1.807, 2.05) is 26.0 Å². The highest BCUT2D eigenvalue weighted by Crippen LogP contribution is 2.32. The van der Waals surface area contributed by atoms with E-state index in [1.54, 1.807) is 0 Å². The molecule has 0 bridgehead atoms. The summed E-state index contributed by atoms with van der Waals surface area (Å²) in [5, 5.41) is 3.96. The van der Waals surface area contributed by atoms with Crippen LogP contribution < -0.4 is 10.3 Å². The average molecular weight is 447 g/mol. The standard InChI is InChI=1S/C13H14IN5O3S/c1-6-11(7(2)22-18-6)8-4-9(14)12-10(5-8)16-13(17-12)19(15)23(3,20)21/h4-5H,15H2,1-3H3,(H,16,17). The molecule has 10 heteroatoms. The van der Waals surface area contributed by atoms with E-state index in [0.29, 0.717) is 21.2 Å². The molecular formula is C13H14IN5O3S. The fourth-order valence-electron chi connectivity index (χ4n) is 2.36. The van der Waals surface area contributed by atoms with Crippen molar-refractivity contribution in [3.05, 3.63) is 27.2 Å². The van der Waals surface area contributed by atoms with Crippen molar-refractivity contribution >= 4 is 49.6 Å². The number of aromatic nitrogens is 3. The van der Waals surface area contributed by atoms with Gasteiger partial charge in [-0.05, 0) is 54.1 Å². The number of nitrogens with zero attached hydrogens (tertiary/aromatic N) is 3. The highest BCUT2D eigenvalue weighted by Gasteiger charge is 2.20. The number of aromatic amines is 1. The highest BCUT2D eigenvalue weighted by molar-refractivity contribution is 14.1. The molecule has 8 nitrogen and oxygen atoms in total. The summed E-state index contributed by atoms with van der Waals surface area (Å²) in [6, 6.07) is 3.82. The number of nitrogens with two attached hydrogens (primary N) is 1. The molecule has 3 N–H and O–H groups in total. The summed E-state index contributed by atoms with van der Waals surface area (Å²) in [4.78, 5) is 7.20. The number of hydrogen-bond acceptors (Lipinski definition) is 6. The molecule has 0 unspecified atom stereocenters. The second kappa shape index (κ2) is 5.46. The Morgan fingerprint density at radius 2 is 2.04 bits per heavy atom. The zero-order chi connectivity index (χ0) is 16.9. The van der Waals surface area contributed by atoms with Crippen molar-refractivity contribution in [1.29, 1.82) is 0 Å². The van der Waals surface area contributed by atoms with Gasteiger partial charge in [0.2, 0.25) is 16.0 Å². The maximum atomic E-state index is 11.6. The maximum Gasteiger partial charge on any atom is 0.248 e. The molecule has 23 heavy (non-hydrogen) atoms. The molecule has 0 fully saturated rings. The molecule has 1 aromatic carbocycles. The van der Waals surface area contributed by atoms with Gasteiger partial charge in [0.1, 0.15) is 11.3 Å². The molecule has 0 radical (unpaired) electrons. The number of rotatable bonds is 3. The van der Waals surface area contributed by atoms with Gasteiger partial charge in [-0.25, -0.2) is 19.2 Å². The molecule has 0 amide bonds. The lowest BCUT2D eigenvalue weighted by molar-refractivity contribution is 0.393. The van der Waals surface area contributed by atoms with Crippen LogP contribution in [0.1, 0.15) is 11.5 Å². The summed E-state index contributed by atoms with van der Waals surface area (Å²) in [7, 11) is -3.59. The third-order valence-electron chi connectivity index (χ3n) is 3.42. The fraction of sp³-hybridized carbons (Fsp3) is 0.231. The number of sulfonamides is 1. The summed E-state index contributed by atoms with van der Waals surface area (Å²) in [6.07, 6.45) is 1.01. The van der Waals surface area contributed by atoms with Crippen molar-refractivity contribution in [2.24, 2.45) is 5.84 Å². The van der Waals surface area contributed by atoms with Gasteiger partial charge in [0, 0.05) is 9.13 Å². The lowest BCUT2D eigenvalue weighted by Crippen LogP contribution is -2.37. The highest BCUT2D eigenvalue weighted by atomic mass is 127. The van der Waals surface area contributed by atoms with Gasteiger partial charge in [0.15, 0.2) is 0 Å². The zero-order valence-corrected chi connectivity index (χ0v) is 15.6. The summed E-state index contributed by atoms with van der Waals surface area (Å²) >= 11 is 2.15. The molecule has 3 aromatic rings. The molecule has 0 spiro atoms. The second-order valence-electron chi connectivity index (χ2n) is 5.17. The predicted octanol–water partition coefficient (Wildman–Crippen LogP) is 2.08. The first-order valence-corrected chi connectivity index (χ1v) is 9.48. The Labute approximate surface area is 146 Å².